The Morgan fingerprint density at radius 3 is 2.61 bits per heavy atom. The summed E-state index contributed by atoms with van der Waals surface area (Å²) in [7, 11) is 3.54. The molecule has 2 aromatic carbocycles. The number of rotatable bonds is 8. The summed E-state index contributed by atoms with van der Waals surface area (Å²) in [6.07, 6.45) is 3.63. The fourth-order valence-corrected chi connectivity index (χ4v) is 4.10. The maximum absolute atomic E-state index is 13.0. The van der Waals surface area contributed by atoms with E-state index in [1.54, 1.807) is 31.5 Å². The first-order valence-electron chi connectivity index (χ1n) is 9.73. The summed E-state index contributed by atoms with van der Waals surface area (Å²) in [5.74, 6) is 1.01. The van der Waals surface area contributed by atoms with Crippen molar-refractivity contribution in [2.24, 2.45) is 7.05 Å². The molecule has 2 aromatic heterocycles. The molecule has 0 saturated heterocycles. The van der Waals surface area contributed by atoms with Crippen molar-refractivity contribution < 1.29 is 14.3 Å². The molecule has 0 aliphatic heterocycles. The molecule has 0 aliphatic carbocycles. The molecule has 0 radical (unpaired) electrons. The fraction of sp³-hybridized carbons (Fsp3) is 0.174. The zero-order valence-corrected chi connectivity index (χ0v) is 18.1. The molecule has 0 saturated carbocycles. The Labute approximate surface area is 184 Å². The highest BCUT2D eigenvalue weighted by atomic mass is 32.1. The average molecular weight is 435 g/mol. The molecular formula is C23H22N4O3S. The molecule has 0 bridgehead atoms. The van der Waals surface area contributed by atoms with Crippen LogP contribution in [-0.2, 0) is 11.8 Å². The van der Waals surface area contributed by atoms with Gasteiger partial charge in [-0.05, 0) is 12.1 Å². The summed E-state index contributed by atoms with van der Waals surface area (Å²) in [6, 6.07) is 17.0. The molecule has 4 rings (SSSR count). The fourth-order valence-electron chi connectivity index (χ4n) is 3.08. The van der Waals surface area contributed by atoms with Crippen LogP contribution in [0, 0.1) is 0 Å². The second-order valence-electron chi connectivity index (χ2n) is 6.72. The average Bonchev–Trinajstić information content (AvgIpc) is 3.40. The number of carbonyl (C=O) groups excluding carboxylic acids is 1. The van der Waals surface area contributed by atoms with Crippen molar-refractivity contribution in [3.63, 3.8) is 0 Å². The van der Waals surface area contributed by atoms with Gasteiger partial charge in [0.05, 0.1) is 22.7 Å². The molecule has 158 valence electrons. The normalized spacial score (nSPS) is 10.8. The van der Waals surface area contributed by atoms with Crippen LogP contribution in [0.5, 0.6) is 5.75 Å². The van der Waals surface area contributed by atoms with Crippen LogP contribution in [0.3, 0.4) is 0 Å². The number of imidazole rings is 1. The predicted octanol–water partition coefficient (Wildman–Crippen LogP) is 4.49. The van der Waals surface area contributed by atoms with E-state index in [-0.39, 0.29) is 5.91 Å². The number of nitrogens with zero attached hydrogens (tertiary/aromatic N) is 3. The van der Waals surface area contributed by atoms with Gasteiger partial charge in [0.1, 0.15) is 12.4 Å². The summed E-state index contributed by atoms with van der Waals surface area (Å²) in [4.78, 5) is 23.1. The number of carbonyl (C=O) groups is 1. The highest BCUT2D eigenvalue weighted by Crippen LogP contribution is 2.38. The highest BCUT2D eigenvalue weighted by Gasteiger charge is 2.20. The van der Waals surface area contributed by atoms with Gasteiger partial charge in [0, 0.05) is 32.1 Å². The van der Waals surface area contributed by atoms with Crippen LogP contribution in [0.1, 0.15) is 10.4 Å². The van der Waals surface area contributed by atoms with Crippen LogP contribution in [0.25, 0.3) is 22.0 Å². The maximum Gasteiger partial charge on any atom is 0.261 e. The summed E-state index contributed by atoms with van der Waals surface area (Å²) in [5, 5.41) is 3.42. The number of nitrogens with one attached hydrogen (secondary N) is 1. The van der Waals surface area contributed by atoms with Gasteiger partial charge in [-0.15, -0.1) is 0 Å². The van der Waals surface area contributed by atoms with Crippen LogP contribution in [0.15, 0.2) is 67.0 Å². The number of ether oxygens (including phenoxy) is 2. The quantitative estimate of drug-likeness (QED) is 0.414. The van der Waals surface area contributed by atoms with E-state index in [1.807, 2.05) is 54.2 Å². The van der Waals surface area contributed by atoms with Crippen molar-refractivity contribution in [2.45, 2.75) is 0 Å². The largest absolute Gasteiger partial charge is 0.490 e. The van der Waals surface area contributed by atoms with E-state index in [4.69, 9.17) is 14.5 Å². The summed E-state index contributed by atoms with van der Waals surface area (Å²) >= 11 is 1.39. The van der Waals surface area contributed by atoms with Gasteiger partial charge in [-0.3, -0.25) is 10.1 Å². The molecule has 0 aliphatic rings. The molecule has 8 heteroatoms. The first-order valence-corrected chi connectivity index (χ1v) is 10.5. The van der Waals surface area contributed by atoms with Crippen LogP contribution in [-0.4, -0.2) is 40.8 Å². The molecule has 1 amide bonds. The van der Waals surface area contributed by atoms with Gasteiger partial charge in [-0.1, -0.05) is 53.8 Å². The van der Waals surface area contributed by atoms with E-state index in [0.717, 1.165) is 22.0 Å². The Hall–Kier alpha value is -3.49. The second-order valence-corrected chi connectivity index (χ2v) is 7.72. The molecular weight excluding hydrogens is 412 g/mol. The number of aryl methyl sites for hydroxylation is 1. The number of amides is 1. The van der Waals surface area contributed by atoms with Gasteiger partial charge in [-0.2, -0.15) is 0 Å². The van der Waals surface area contributed by atoms with Gasteiger partial charge >= 0.3 is 0 Å². The molecule has 0 atom stereocenters. The molecule has 1 N–H and O–H groups in total. The molecule has 7 nitrogen and oxygen atoms in total. The van der Waals surface area contributed by atoms with Crippen molar-refractivity contribution in [2.75, 3.05) is 25.6 Å². The number of anilines is 1. The van der Waals surface area contributed by atoms with Crippen LogP contribution >= 0.6 is 11.3 Å². The minimum atomic E-state index is -0.284. The molecule has 4 aromatic rings. The highest BCUT2D eigenvalue weighted by molar-refractivity contribution is 7.19. The third-order valence-electron chi connectivity index (χ3n) is 4.60. The van der Waals surface area contributed by atoms with Crippen molar-refractivity contribution in [3.05, 3.63) is 72.6 Å². The zero-order chi connectivity index (χ0) is 21.6. The number of methoxy groups -OCH3 is 1. The van der Waals surface area contributed by atoms with Crippen molar-refractivity contribution >= 4 is 22.4 Å². The summed E-state index contributed by atoms with van der Waals surface area (Å²) in [6.45, 7) is 0.801. The first kappa shape index (κ1) is 20.8. The molecule has 0 spiro atoms. The topological polar surface area (TPSA) is 78.3 Å². The van der Waals surface area contributed by atoms with Gasteiger partial charge in [0.25, 0.3) is 5.91 Å². The minimum Gasteiger partial charge on any atom is -0.490 e. The minimum absolute atomic E-state index is 0.284. The van der Waals surface area contributed by atoms with E-state index in [9.17, 15) is 4.79 Å². The number of thiazole rings is 1. The summed E-state index contributed by atoms with van der Waals surface area (Å²) < 4.78 is 12.6. The third-order valence-corrected chi connectivity index (χ3v) is 5.56. The SMILES string of the molecule is COCCOc1ccccc1C(=O)Nc1nc(-c2ccccc2)c(-c2nccn2C)s1. The van der Waals surface area contributed by atoms with Crippen LogP contribution < -0.4 is 10.1 Å². The molecule has 2 heterocycles. The number of benzene rings is 2. The van der Waals surface area contributed by atoms with E-state index < -0.39 is 0 Å². The van der Waals surface area contributed by atoms with Gasteiger partial charge < -0.3 is 14.0 Å². The van der Waals surface area contributed by atoms with E-state index in [0.29, 0.717) is 29.7 Å². The monoisotopic (exact) mass is 434 g/mol. The lowest BCUT2D eigenvalue weighted by molar-refractivity contribution is 0.101. The Balaban J connectivity index is 1.65. The maximum atomic E-state index is 13.0. The van der Waals surface area contributed by atoms with E-state index >= 15 is 0 Å². The smallest absolute Gasteiger partial charge is 0.261 e. The van der Waals surface area contributed by atoms with Crippen LogP contribution in [0.2, 0.25) is 0 Å². The third kappa shape index (κ3) is 4.65. The lowest BCUT2D eigenvalue weighted by Crippen LogP contribution is -2.14. The Bertz CT molecular complexity index is 1170. The standard InChI is InChI=1S/C23H22N4O3S/c1-27-13-12-24-21(27)20-19(16-8-4-3-5-9-16)25-23(31-20)26-22(28)17-10-6-7-11-18(17)30-15-14-29-2/h3-13H,14-15H2,1-2H3,(H,25,26,28). The Kier molecular flexibility index (Phi) is 6.40. The Morgan fingerprint density at radius 2 is 1.87 bits per heavy atom. The zero-order valence-electron chi connectivity index (χ0n) is 17.2. The van der Waals surface area contributed by atoms with Crippen LogP contribution in [0.4, 0.5) is 5.13 Å². The van der Waals surface area contributed by atoms with Gasteiger partial charge in [0.15, 0.2) is 11.0 Å². The number of hydrogen-bond acceptors (Lipinski definition) is 6. The van der Waals surface area contributed by atoms with E-state index in [1.165, 1.54) is 11.3 Å². The molecule has 31 heavy (non-hydrogen) atoms. The van der Waals surface area contributed by atoms with E-state index in [2.05, 4.69) is 10.3 Å². The lowest BCUT2D eigenvalue weighted by atomic mass is 10.1. The van der Waals surface area contributed by atoms with Gasteiger partial charge in [0.2, 0.25) is 0 Å². The predicted molar refractivity (Wildman–Crippen MR) is 122 cm³/mol. The lowest BCUT2D eigenvalue weighted by Gasteiger charge is -2.10. The van der Waals surface area contributed by atoms with Crippen molar-refractivity contribution in [1.29, 1.82) is 0 Å². The molecule has 0 unspecified atom stereocenters. The Morgan fingerprint density at radius 1 is 1.10 bits per heavy atom. The number of aromatic nitrogens is 3. The number of para-hydroxylation sites is 1. The summed E-state index contributed by atoms with van der Waals surface area (Å²) in [5.41, 5.74) is 2.17. The first-order chi connectivity index (χ1) is 15.2. The molecule has 0 fully saturated rings. The van der Waals surface area contributed by atoms with Crippen molar-refractivity contribution in [3.8, 4) is 27.7 Å². The van der Waals surface area contributed by atoms with Gasteiger partial charge in [-0.25, -0.2) is 9.97 Å². The number of hydrogen-bond donors (Lipinski definition) is 1. The van der Waals surface area contributed by atoms with Crippen molar-refractivity contribution in [1.82, 2.24) is 14.5 Å². The second kappa shape index (κ2) is 9.55.